The highest BCUT2D eigenvalue weighted by Crippen LogP contribution is 2.28. The lowest BCUT2D eigenvalue weighted by molar-refractivity contribution is -0.119. The second-order valence-electron chi connectivity index (χ2n) is 7.26. The summed E-state index contributed by atoms with van der Waals surface area (Å²) in [5, 5.41) is 12.8. The maximum atomic E-state index is 13.4. The number of benzene rings is 3. The summed E-state index contributed by atoms with van der Waals surface area (Å²) in [6, 6.07) is 19.1. The van der Waals surface area contributed by atoms with Gasteiger partial charge in [-0.25, -0.2) is 18.6 Å². The van der Waals surface area contributed by atoms with E-state index in [-0.39, 0.29) is 10.5 Å². The fourth-order valence-corrected chi connectivity index (χ4v) is 4.58. The van der Waals surface area contributed by atoms with Crippen molar-refractivity contribution in [3.63, 3.8) is 0 Å². The Kier molecular flexibility index (Phi) is 7.24. The van der Waals surface area contributed by atoms with Crippen LogP contribution in [0.1, 0.15) is 27.0 Å². The van der Waals surface area contributed by atoms with Gasteiger partial charge in [0.1, 0.15) is 6.54 Å². The minimum absolute atomic E-state index is 0.0701. The first-order valence-corrected chi connectivity index (χ1v) is 11.4. The zero-order valence-electron chi connectivity index (χ0n) is 18.1. The average Bonchev–Trinajstić information content (AvgIpc) is 2.80. The monoisotopic (exact) mass is 465 g/mol. The zero-order chi connectivity index (χ0) is 24.0. The van der Waals surface area contributed by atoms with Crippen LogP contribution in [-0.2, 0) is 14.8 Å². The number of amides is 1. The molecule has 0 bridgehead atoms. The van der Waals surface area contributed by atoms with Gasteiger partial charge in [0.25, 0.3) is 15.9 Å². The van der Waals surface area contributed by atoms with Gasteiger partial charge in [-0.2, -0.15) is 5.10 Å². The van der Waals surface area contributed by atoms with Crippen molar-refractivity contribution < 1.29 is 23.1 Å². The largest absolute Gasteiger partial charge is 0.478 e. The van der Waals surface area contributed by atoms with Crippen LogP contribution in [0, 0.1) is 13.8 Å². The van der Waals surface area contributed by atoms with Gasteiger partial charge in [0.2, 0.25) is 0 Å². The number of nitrogens with zero attached hydrogens (tertiary/aromatic N) is 2. The molecule has 3 rings (SSSR count). The fraction of sp³-hybridized carbons (Fsp3) is 0.125. The van der Waals surface area contributed by atoms with Crippen LogP contribution in [0.3, 0.4) is 0 Å². The quantitative estimate of drug-likeness (QED) is 0.391. The highest BCUT2D eigenvalue weighted by Gasteiger charge is 2.28. The molecule has 3 aromatic carbocycles. The Hall–Kier alpha value is -3.98. The number of nitrogens with one attached hydrogen (secondary N) is 1. The van der Waals surface area contributed by atoms with Crippen LogP contribution in [0.2, 0.25) is 0 Å². The zero-order valence-corrected chi connectivity index (χ0v) is 18.9. The molecule has 0 spiro atoms. The molecule has 0 unspecified atom stereocenters. The van der Waals surface area contributed by atoms with Crippen LogP contribution in [-0.4, -0.2) is 38.2 Å². The maximum absolute atomic E-state index is 13.4. The molecule has 0 aliphatic carbocycles. The van der Waals surface area contributed by atoms with Gasteiger partial charge in [-0.3, -0.25) is 9.10 Å². The summed E-state index contributed by atoms with van der Waals surface area (Å²) in [5.41, 5.74) is 5.08. The Bertz CT molecular complexity index is 1290. The molecule has 0 heterocycles. The second-order valence-corrected chi connectivity index (χ2v) is 9.13. The van der Waals surface area contributed by atoms with Crippen LogP contribution in [0.5, 0.6) is 0 Å². The first-order valence-electron chi connectivity index (χ1n) is 9.99. The molecule has 33 heavy (non-hydrogen) atoms. The predicted octanol–water partition coefficient (Wildman–Crippen LogP) is 3.35. The number of carbonyl (C=O) groups is 2. The summed E-state index contributed by atoms with van der Waals surface area (Å²) in [5.74, 6) is -1.67. The number of aryl methyl sites for hydroxylation is 1. The first-order chi connectivity index (χ1) is 15.7. The Morgan fingerprint density at radius 1 is 0.970 bits per heavy atom. The Morgan fingerprint density at radius 2 is 1.64 bits per heavy atom. The minimum Gasteiger partial charge on any atom is -0.478 e. The molecule has 0 aromatic heterocycles. The van der Waals surface area contributed by atoms with Crippen molar-refractivity contribution in [1.29, 1.82) is 0 Å². The van der Waals surface area contributed by atoms with Crippen LogP contribution >= 0.6 is 0 Å². The number of sulfonamides is 1. The first kappa shape index (κ1) is 23.7. The van der Waals surface area contributed by atoms with Gasteiger partial charge in [0.15, 0.2) is 0 Å². The van der Waals surface area contributed by atoms with Gasteiger partial charge in [-0.05, 0) is 60.9 Å². The summed E-state index contributed by atoms with van der Waals surface area (Å²) in [4.78, 5) is 23.6. The Balaban J connectivity index is 1.83. The number of rotatable bonds is 8. The molecule has 1 amide bonds. The molecule has 0 aliphatic heterocycles. The van der Waals surface area contributed by atoms with E-state index in [2.05, 4.69) is 10.5 Å². The number of anilines is 1. The van der Waals surface area contributed by atoms with Crippen LogP contribution in [0.25, 0.3) is 0 Å². The van der Waals surface area contributed by atoms with E-state index >= 15 is 0 Å². The van der Waals surface area contributed by atoms with Gasteiger partial charge in [0.05, 0.1) is 22.4 Å². The molecule has 9 heteroatoms. The molecule has 2 N–H and O–H groups in total. The third-order valence-electron chi connectivity index (χ3n) is 5.02. The fourth-order valence-electron chi connectivity index (χ4n) is 3.08. The SMILES string of the molecule is Cc1cccc(N(CC(=O)NN=Cc2ccc(C(=O)O)cc2)S(=O)(=O)c2ccccc2)c1C. The lowest BCUT2D eigenvalue weighted by Crippen LogP contribution is -2.40. The molecule has 8 nitrogen and oxygen atoms in total. The smallest absolute Gasteiger partial charge is 0.335 e. The average molecular weight is 466 g/mol. The number of carbonyl (C=O) groups excluding carboxylic acids is 1. The van der Waals surface area contributed by atoms with Gasteiger partial charge >= 0.3 is 5.97 Å². The van der Waals surface area contributed by atoms with Crippen LogP contribution < -0.4 is 9.73 Å². The number of carboxylic acids is 1. The van der Waals surface area contributed by atoms with Crippen molar-refractivity contribution in [2.75, 3.05) is 10.8 Å². The number of hydrazone groups is 1. The van der Waals surface area contributed by atoms with E-state index < -0.39 is 28.4 Å². The normalized spacial score (nSPS) is 11.3. The Morgan fingerprint density at radius 3 is 2.27 bits per heavy atom. The van der Waals surface area contributed by atoms with Crippen LogP contribution in [0.15, 0.2) is 82.8 Å². The van der Waals surface area contributed by atoms with Gasteiger partial charge in [-0.15, -0.1) is 0 Å². The summed E-state index contributed by atoms with van der Waals surface area (Å²) >= 11 is 0. The van der Waals surface area contributed by atoms with Crippen molar-refractivity contribution in [1.82, 2.24) is 5.43 Å². The number of hydrogen-bond donors (Lipinski definition) is 2. The molecule has 0 atom stereocenters. The topological polar surface area (TPSA) is 116 Å². The van der Waals surface area contributed by atoms with Crippen molar-refractivity contribution in [2.24, 2.45) is 5.10 Å². The molecule has 0 radical (unpaired) electrons. The standard InChI is InChI=1S/C24H23N3O5S/c1-17-7-6-10-22(18(17)2)27(33(31,32)21-8-4-3-5-9-21)16-23(28)26-25-15-19-11-13-20(14-12-19)24(29)30/h3-15H,16H2,1-2H3,(H,26,28)(H,29,30). The third kappa shape index (κ3) is 5.64. The number of carboxylic acid groups (broad SMARTS) is 1. The second kappa shape index (κ2) is 10.1. The predicted molar refractivity (Wildman–Crippen MR) is 126 cm³/mol. The highest BCUT2D eigenvalue weighted by molar-refractivity contribution is 7.92. The Labute approximate surface area is 192 Å². The molecule has 0 fully saturated rings. The van der Waals surface area contributed by atoms with E-state index in [0.717, 1.165) is 15.4 Å². The van der Waals surface area contributed by atoms with Gasteiger partial charge < -0.3 is 5.11 Å². The summed E-state index contributed by atoms with van der Waals surface area (Å²) < 4.78 is 27.8. The molecule has 0 saturated carbocycles. The van der Waals surface area contributed by atoms with Gasteiger partial charge in [-0.1, -0.05) is 42.5 Å². The van der Waals surface area contributed by atoms with Crippen molar-refractivity contribution in [2.45, 2.75) is 18.7 Å². The molecule has 3 aromatic rings. The molecule has 0 aliphatic rings. The summed E-state index contributed by atoms with van der Waals surface area (Å²) in [7, 11) is -4.01. The number of aromatic carboxylic acids is 1. The summed E-state index contributed by atoms with van der Waals surface area (Å²) in [6.07, 6.45) is 1.34. The van der Waals surface area contributed by atoms with Crippen molar-refractivity contribution in [3.05, 3.63) is 95.1 Å². The van der Waals surface area contributed by atoms with Gasteiger partial charge in [0, 0.05) is 0 Å². The molecular weight excluding hydrogens is 442 g/mol. The van der Waals surface area contributed by atoms with E-state index in [1.165, 1.54) is 30.5 Å². The van der Waals surface area contributed by atoms with Crippen molar-refractivity contribution >= 4 is 33.8 Å². The van der Waals surface area contributed by atoms with E-state index in [1.807, 2.05) is 13.0 Å². The molecule has 0 saturated heterocycles. The maximum Gasteiger partial charge on any atom is 0.335 e. The van der Waals surface area contributed by atoms with E-state index in [9.17, 15) is 18.0 Å². The van der Waals surface area contributed by atoms with E-state index in [1.54, 1.807) is 49.4 Å². The summed E-state index contributed by atoms with van der Waals surface area (Å²) in [6.45, 7) is 3.19. The minimum atomic E-state index is -4.01. The third-order valence-corrected chi connectivity index (χ3v) is 6.80. The van der Waals surface area contributed by atoms with Crippen LogP contribution in [0.4, 0.5) is 5.69 Å². The number of hydrogen-bond acceptors (Lipinski definition) is 5. The van der Waals surface area contributed by atoms with E-state index in [4.69, 9.17) is 5.11 Å². The lowest BCUT2D eigenvalue weighted by Gasteiger charge is -2.26. The molecule has 170 valence electrons. The highest BCUT2D eigenvalue weighted by atomic mass is 32.2. The van der Waals surface area contributed by atoms with E-state index in [0.29, 0.717) is 11.3 Å². The van der Waals surface area contributed by atoms with Crippen molar-refractivity contribution in [3.8, 4) is 0 Å². The lowest BCUT2D eigenvalue weighted by atomic mass is 10.1. The molecular formula is C24H23N3O5S.